The number of anilines is 1. The van der Waals surface area contributed by atoms with Crippen LogP contribution in [-0.4, -0.2) is 33.5 Å². The number of aryl methyl sites for hydroxylation is 2. The van der Waals surface area contributed by atoms with Gasteiger partial charge in [-0.25, -0.2) is 0 Å². The van der Waals surface area contributed by atoms with E-state index in [0.717, 1.165) is 33.8 Å². The number of halogens is 1. The minimum absolute atomic E-state index is 0.107. The largest absolute Gasteiger partial charge is 0.497 e. The van der Waals surface area contributed by atoms with Gasteiger partial charge in [0.1, 0.15) is 5.75 Å². The molecule has 0 fully saturated rings. The van der Waals surface area contributed by atoms with Crippen LogP contribution in [0.25, 0.3) is 17.1 Å². The van der Waals surface area contributed by atoms with Crippen LogP contribution in [0.5, 0.6) is 5.75 Å². The van der Waals surface area contributed by atoms with Crippen molar-refractivity contribution < 1.29 is 9.53 Å². The molecule has 1 aromatic heterocycles. The lowest BCUT2D eigenvalue weighted by molar-refractivity contribution is -0.113. The van der Waals surface area contributed by atoms with Gasteiger partial charge in [0.15, 0.2) is 11.0 Å². The predicted octanol–water partition coefficient (Wildman–Crippen LogP) is 5.94. The van der Waals surface area contributed by atoms with Gasteiger partial charge in [-0.15, -0.1) is 10.2 Å². The summed E-state index contributed by atoms with van der Waals surface area (Å²) in [6, 6.07) is 21.0. The molecule has 0 spiro atoms. The summed E-state index contributed by atoms with van der Waals surface area (Å²) in [5, 5.41) is 13.0. The molecule has 1 amide bonds. The first-order valence-corrected chi connectivity index (χ1v) is 11.7. The lowest BCUT2D eigenvalue weighted by Gasteiger charge is -2.12. The fourth-order valence-electron chi connectivity index (χ4n) is 3.38. The van der Waals surface area contributed by atoms with Gasteiger partial charge >= 0.3 is 0 Å². The molecule has 0 aliphatic heterocycles. The van der Waals surface area contributed by atoms with Crippen LogP contribution < -0.4 is 10.1 Å². The Labute approximate surface area is 202 Å². The fourth-order valence-corrected chi connectivity index (χ4v) is 4.26. The van der Waals surface area contributed by atoms with E-state index >= 15 is 0 Å². The van der Waals surface area contributed by atoms with E-state index in [1.54, 1.807) is 7.11 Å². The van der Waals surface area contributed by atoms with E-state index in [1.807, 2.05) is 85.1 Å². The van der Waals surface area contributed by atoms with Crippen LogP contribution in [0.15, 0.2) is 71.9 Å². The highest BCUT2D eigenvalue weighted by molar-refractivity contribution is 7.99. The SMILES string of the molecule is COc1ccc(-n2c(SCC(=O)Nc3ccc(C)cc3C)nnc2-c2ccc(Cl)cc2)cc1. The van der Waals surface area contributed by atoms with Crippen LogP contribution in [0.2, 0.25) is 5.02 Å². The molecule has 4 aromatic rings. The first-order valence-electron chi connectivity index (χ1n) is 10.3. The van der Waals surface area contributed by atoms with E-state index in [1.165, 1.54) is 11.8 Å². The fraction of sp³-hybridized carbons (Fsp3) is 0.160. The van der Waals surface area contributed by atoms with Gasteiger partial charge in [0, 0.05) is 22.0 Å². The minimum atomic E-state index is -0.107. The Morgan fingerprint density at radius 3 is 2.42 bits per heavy atom. The maximum atomic E-state index is 12.6. The quantitative estimate of drug-likeness (QED) is 0.333. The molecule has 4 rings (SSSR count). The molecular weight excluding hydrogens is 456 g/mol. The predicted molar refractivity (Wildman–Crippen MR) is 134 cm³/mol. The van der Waals surface area contributed by atoms with Crippen molar-refractivity contribution in [3.05, 3.63) is 82.9 Å². The van der Waals surface area contributed by atoms with Crippen molar-refractivity contribution in [1.82, 2.24) is 14.8 Å². The van der Waals surface area contributed by atoms with Gasteiger partial charge in [-0.2, -0.15) is 0 Å². The number of rotatable bonds is 7. The number of amides is 1. The van der Waals surface area contributed by atoms with Crippen LogP contribution in [0, 0.1) is 13.8 Å². The molecule has 0 radical (unpaired) electrons. The number of carbonyl (C=O) groups is 1. The molecule has 0 saturated heterocycles. The van der Waals surface area contributed by atoms with Crippen LogP contribution in [0.1, 0.15) is 11.1 Å². The van der Waals surface area contributed by atoms with E-state index in [0.29, 0.717) is 16.0 Å². The normalized spacial score (nSPS) is 10.8. The second kappa shape index (κ2) is 10.1. The highest BCUT2D eigenvalue weighted by atomic mass is 35.5. The van der Waals surface area contributed by atoms with E-state index in [9.17, 15) is 4.79 Å². The highest BCUT2D eigenvalue weighted by Crippen LogP contribution is 2.29. The minimum Gasteiger partial charge on any atom is -0.497 e. The third kappa shape index (κ3) is 5.38. The summed E-state index contributed by atoms with van der Waals surface area (Å²) in [5.74, 6) is 1.50. The van der Waals surface area contributed by atoms with Crippen molar-refractivity contribution in [1.29, 1.82) is 0 Å². The van der Waals surface area contributed by atoms with Gasteiger partial charge in [0.25, 0.3) is 0 Å². The monoisotopic (exact) mass is 478 g/mol. The van der Waals surface area contributed by atoms with E-state index < -0.39 is 0 Å². The number of methoxy groups -OCH3 is 1. The molecule has 0 atom stereocenters. The van der Waals surface area contributed by atoms with E-state index in [-0.39, 0.29) is 11.7 Å². The molecule has 1 N–H and O–H groups in total. The van der Waals surface area contributed by atoms with Gasteiger partial charge < -0.3 is 10.1 Å². The molecular formula is C25H23ClN4O2S. The number of nitrogens with zero attached hydrogens (tertiary/aromatic N) is 3. The number of nitrogens with one attached hydrogen (secondary N) is 1. The average Bonchev–Trinajstić information content (AvgIpc) is 3.24. The van der Waals surface area contributed by atoms with Crippen molar-refractivity contribution >= 4 is 35.0 Å². The Morgan fingerprint density at radius 2 is 1.76 bits per heavy atom. The first-order chi connectivity index (χ1) is 15.9. The molecule has 1 heterocycles. The van der Waals surface area contributed by atoms with E-state index in [4.69, 9.17) is 16.3 Å². The summed E-state index contributed by atoms with van der Waals surface area (Å²) in [6.07, 6.45) is 0. The van der Waals surface area contributed by atoms with Crippen LogP contribution in [0.4, 0.5) is 5.69 Å². The lowest BCUT2D eigenvalue weighted by Crippen LogP contribution is -2.15. The Bertz CT molecular complexity index is 1270. The number of thioether (sulfide) groups is 1. The topological polar surface area (TPSA) is 69.0 Å². The highest BCUT2D eigenvalue weighted by Gasteiger charge is 2.18. The summed E-state index contributed by atoms with van der Waals surface area (Å²) in [6.45, 7) is 4.01. The number of ether oxygens (including phenoxy) is 1. The molecule has 0 aliphatic carbocycles. The van der Waals surface area contributed by atoms with Gasteiger partial charge in [0.2, 0.25) is 5.91 Å². The van der Waals surface area contributed by atoms with Gasteiger partial charge in [-0.3, -0.25) is 9.36 Å². The molecule has 8 heteroatoms. The van der Waals surface area contributed by atoms with Gasteiger partial charge in [-0.1, -0.05) is 41.1 Å². The van der Waals surface area contributed by atoms with Crippen LogP contribution in [-0.2, 0) is 4.79 Å². The Morgan fingerprint density at radius 1 is 1.03 bits per heavy atom. The Hall–Kier alpha value is -3.29. The number of hydrogen-bond acceptors (Lipinski definition) is 5. The molecule has 33 heavy (non-hydrogen) atoms. The lowest BCUT2D eigenvalue weighted by atomic mass is 10.1. The number of aromatic nitrogens is 3. The standard InChI is InChI=1S/C25H23ClN4O2S/c1-16-4-13-22(17(2)14-16)27-23(31)15-33-25-29-28-24(18-5-7-19(26)8-6-18)30(25)20-9-11-21(32-3)12-10-20/h4-14H,15H2,1-3H3,(H,27,31). The summed E-state index contributed by atoms with van der Waals surface area (Å²) >= 11 is 7.39. The Balaban J connectivity index is 1.60. The molecule has 6 nitrogen and oxygen atoms in total. The smallest absolute Gasteiger partial charge is 0.234 e. The first kappa shape index (κ1) is 22.9. The van der Waals surface area contributed by atoms with Crippen molar-refractivity contribution in [3.63, 3.8) is 0 Å². The van der Waals surface area contributed by atoms with Crippen LogP contribution in [0.3, 0.4) is 0 Å². The Kier molecular flexibility index (Phi) is 7.01. The number of carbonyl (C=O) groups excluding carboxylic acids is 1. The van der Waals surface area contributed by atoms with Crippen molar-refractivity contribution in [3.8, 4) is 22.8 Å². The molecule has 0 bridgehead atoms. The maximum Gasteiger partial charge on any atom is 0.234 e. The maximum absolute atomic E-state index is 12.6. The number of hydrogen-bond donors (Lipinski definition) is 1. The van der Waals surface area contributed by atoms with Gasteiger partial charge in [0.05, 0.1) is 12.9 Å². The van der Waals surface area contributed by atoms with Crippen molar-refractivity contribution in [2.75, 3.05) is 18.2 Å². The van der Waals surface area contributed by atoms with Gasteiger partial charge in [-0.05, 0) is 74.0 Å². The average molecular weight is 479 g/mol. The summed E-state index contributed by atoms with van der Waals surface area (Å²) in [7, 11) is 1.63. The molecule has 0 aliphatic rings. The second-order valence-electron chi connectivity index (χ2n) is 7.50. The zero-order valence-electron chi connectivity index (χ0n) is 18.5. The van der Waals surface area contributed by atoms with Crippen molar-refractivity contribution in [2.24, 2.45) is 0 Å². The number of benzene rings is 3. The van der Waals surface area contributed by atoms with Crippen molar-refractivity contribution in [2.45, 2.75) is 19.0 Å². The zero-order valence-corrected chi connectivity index (χ0v) is 20.1. The molecule has 0 unspecified atom stereocenters. The molecule has 0 saturated carbocycles. The van der Waals surface area contributed by atoms with E-state index in [2.05, 4.69) is 15.5 Å². The van der Waals surface area contributed by atoms with Crippen LogP contribution >= 0.6 is 23.4 Å². The third-order valence-corrected chi connectivity index (χ3v) is 6.24. The summed E-state index contributed by atoms with van der Waals surface area (Å²) < 4.78 is 7.21. The third-order valence-electron chi connectivity index (χ3n) is 5.05. The summed E-state index contributed by atoms with van der Waals surface area (Å²) in [5.41, 5.74) is 4.73. The molecule has 3 aromatic carbocycles. The zero-order chi connectivity index (χ0) is 23.4. The summed E-state index contributed by atoms with van der Waals surface area (Å²) in [4.78, 5) is 12.6. The molecule has 168 valence electrons. The second-order valence-corrected chi connectivity index (χ2v) is 8.88.